The summed E-state index contributed by atoms with van der Waals surface area (Å²) in [4.78, 5) is 25.8. The Morgan fingerprint density at radius 3 is 2.47 bits per heavy atom. The second-order valence-electron chi connectivity index (χ2n) is 7.27. The smallest absolute Gasteiger partial charge is 0.225 e. The lowest BCUT2D eigenvalue weighted by atomic mass is 10.0. The summed E-state index contributed by atoms with van der Waals surface area (Å²) < 4.78 is 5.39. The molecule has 0 saturated carbocycles. The Morgan fingerprint density at radius 1 is 1.10 bits per heavy atom. The van der Waals surface area contributed by atoms with Crippen molar-refractivity contribution in [2.45, 2.75) is 39.2 Å². The van der Waals surface area contributed by atoms with Crippen molar-refractivity contribution in [2.24, 2.45) is 0 Å². The first-order valence-corrected chi connectivity index (χ1v) is 11.0. The van der Waals surface area contributed by atoms with E-state index in [9.17, 15) is 9.59 Å². The van der Waals surface area contributed by atoms with E-state index in [4.69, 9.17) is 4.74 Å². The van der Waals surface area contributed by atoms with E-state index in [0.29, 0.717) is 16.9 Å². The number of thiophene rings is 1. The van der Waals surface area contributed by atoms with Crippen LogP contribution >= 0.6 is 11.3 Å². The van der Waals surface area contributed by atoms with Gasteiger partial charge in [0.1, 0.15) is 5.75 Å². The summed E-state index contributed by atoms with van der Waals surface area (Å²) in [6, 6.07) is 17.4. The van der Waals surface area contributed by atoms with Gasteiger partial charge in [0.15, 0.2) is 5.78 Å². The van der Waals surface area contributed by atoms with E-state index >= 15 is 0 Å². The van der Waals surface area contributed by atoms with Crippen molar-refractivity contribution in [1.29, 1.82) is 0 Å². The van der Waals surface area contributed by atoms with E-state index < -0.39 is 0 Å². The molecule has 0 saturated heterocycles. The summed E-state index contributed by atoms with van der Waals surface area (Å²) in [6.07, 6.45) is 2.29. The minimum absolute atomic E-state index is 0.0389. The van der Waals surface area contributed by atoms with Crippen LogP contribution in [0.25, 0.3) is 0 Å². The van der Waals surface area contributed by atoms with Crippen LogP contribution in [0.2, 0.25) is 0 Å². The van der Waals surface area contributed by atoms with Crippen LogP contribution < -0.4 is 10.1 Å². The number of rotatable bonds is 9. The maximum atomic E-state index is 13.0. The highest BCUT2D eigenvalue weighted by Crippen LogP contribution is 2.27. The summed E-state index contributed by atoms with van der Waals surface area (Å²) in [5.41, 5.74) is 3.62. The Kier molecular flexibility index (Phi) is 7.41. The van der Waals surface area contributed by atoms with Crippen molar-refractivity contribution in [1.82, 2.24) is 5.32 Å². The highest BCUT2D eigenvalue weighted by Gasteiger charge is 2.19. The van der Waals surface area contributed by atoms with Gasteiger partial charge in [-0.15, -0.1) is 11.3 Å². The zero-order valence-electron chi connectivity index (χ0n) is 17.6. The summed E-state index contributed by atoms with van der Waals surface area (Å²) in [5.74, 6) is 0.444. The number of hydrogen-bond acceptors (Lipinski definition) is 4. The predicted molar refractivity (Wildman–Crippen MR) is 121 cm³/mol. The molecule has 30 heavy (non-hydrogen) atoms. The van der Waals surface area contributed by atoms with Crippen LogP contribution in [0, 0.1) is 0 Å². The van der Waals surface area contributed by atoms with Gasteiger partial charge < -0.3 is 10.1 Å². The van der Waals surface area contributed by atoms with Gasteiger partial charge in [-0.25, -0.2) is 0 Å². The fourth-order valence-corrected chi connectivity index (χ4v) is 4.26. The lowest BCUT2D eigenvalue weighted by Crippen LogP contribution is -2.30. The highest BCUT2D eigenvalue weighted by atomic mass is 32.1. The van der Waals surface area contributed by atoms with Crippen molar-refractivity contribution in [3.05, 3.63) is 87.1 Å². The molecule has 0 fully saturated rings. The monoisotopic (exact) mass is 421 g/mol. The molecule has 5 heteroatoms. The molecule has 1 atom stereocenters. The van der Waals surface area contributed by atoms with E-state index in [2.05, 4.69) is 36.5 Å². The minimum atomic E-state index is -0.213. The predicted octanol–water partition coefficient (Wildman–Crippen LogP) is 5.36. The third-order valence-electron chi connectivity index (χ3n) is 5.02. The van der Waals surface area contributed by atoms with Crippen LogP contribution in [0.15, 0.2) is 60.0 Å². The standard InChI is InChI=1S/C25H27NO3S/c1-4-6-18-8-10-19(11-9-18)25(23-7-5-14-30-23)26-24(28)16-21-15-20(17(2)27)12-13-22(21)29-3/h5,7-15,25H,4,6,16H2,1-3H3,(H,26,28). The second-order valence-corrected chi connectivity index (χ2v) is 8.25. The van der Waals surface area contributed by atoms with Gasteiger partial charge in [0.25, 0.3) is 0 Å². The van der Waals surface area contributed by atoms with Crippen LogP contribution in [-0.4, -0.2) is 18.8 Å². The van der Waals surface area contributed by atoms with Crippen LogP contribution in [-0.2, 0) is 17.6 Å². The normalized spacial score (nSPS) is 11.7. The Hall–Kier alpha value is -2.92. The minimum Gasteiger partial charge on any atom is -0.496 e. The maximum absolute atomic E-state index is 13.0. The summed E-state index contributed by atoms with van der Waals surface area (Å²) in [5, 5.41) is 5.18. The van der Waals surface area contributed by atoms with Crippen LogP contribution in [0.4, 0.5) is 0 Å². The molecule has 0 bridgehead atoms. The number of ketones is 1. The molecule has 3 aromatic rings. The number of hydrogen-bond donors (Lipinski definition) is 1. The molecule has 0 spiro atoms. The van der Waals surface area contributed by atoms with Crippen molar-refractivity contribution in [2.75, 3.05) is 7.11 Å². The highest BCUT2D eigenvalue weighted by molar-refractivity contribution is 7.10. The fourth-order valence-electron chi connectivity index (χ4n) is 3.46. The van der Waals surface area contributed by atoms with E-state index in [0.717, 1.165) is 23.3 Å². The average molecular weight is 422 g/mol. The number of benzene rings is 2. The number of Topliss-reactive ketones (excluding diaryl/α,β-unsaturated/α-hetero) is 1. The Labute approximate surface area is 181 Å². The van der Waals surface area contributed by atoms with Gasteiger partial charge in [-0.05, 0) is 54.1 Å². The van der Waals surface area contributed by atoms with Crippen LogP contribution in [0.5, 0.6) is 5.75 Å². The van der Waals surface area contributed by atoms with Crippen LogP contribution in [0.3, 0.4) is 0 Å². The van der Waals surface area contributed by atoms with Gasteiger partial charge in [-0.2, -0.15) is 0 Å². The van der Waals surface area contributed by atoms with Crippen molar-refractivity contribution in [3.8, 4) is 5.75 Å². The van der Waals surface area contributed by atoms with Crippen molar-refractivity contribution in [3.63, 3.8) is 0 Å². The summed E-state index contributed by atoms with van der Waals surface area (Å²) in [7, 11) is 1.57. The molecule has 3 rings (SSSR count). The van der Waals surface area contributed by atoms with Gasteiger partial charge in [0, 0.05) is 16.0 Å². The van der Waals surface area contributed by atoms with Gasteiger partial charge in [0.05, 0.1) is 19.6 Å². The zero-order valence-corrected chi connectivity index (χ0v) is 18.4. The maximum Gasteiger partial charge on any atom is 0.225 e. The Morgan fingerprint density at radius 2 is 1.87 bits per heavy atom. The zero-order chi connectivity index (χ0) is 21.5. The number of ether oxygens (including phenoxy) is 1. The van der Waals surface area contributed by atoms with Gasteiger partial charge in [-0.1, -0.05) is 43.7 Å². The first-order chi connectivity index (χ1) is 14.5. The third kappa shape index (κ3) is 5.36. The molecule has 0 radical (unpaired) electrons. The number of carbonyl (C=O) groups excluding carboxylic acids is 2. The SMILES string of the molecule is CCCc1ccc(C(NC(=O)Cc2cc(C(C)=O)ccc2OC)c2cccs2)cc1. The fraction of sp³-hybridized carbons (Fsp3) is 0.280. The van der Waals surface area contributed by atoms with E-state index in [1.165, 1.54) is 12.5 Å². The van der Waals surface area contributed by atoms with Crippen LogP contribution in [0.1, 0.15) is 58.2 Å². The molecule has 1 N–H and O–H groups in total. The quantitative estimate of drug-likeness (QED) is 0.473. The largest absolute Gasteiger partial charge is 0.496 e. The molecule has 1 heterocycles. The summed E-state index contributed by atoms with van der Waals surface area (Å²) >= 11 is 1.62. The van der Waals surface area contributed by atoms with Gasteiger partial charge in [0.2, 0.25) is 5.91 Å². The number of nitrogens with one attached hydrogen (secondary N) is 1. The molecule has 4 nitrogen and oxygen atoms in total. The molecule has 1 unspecified atom stereocenters. The molecule has 1 aromatic heterocycles. The first-order valence-electron chi connectivity index (χ1n) is 10.1. The average Bonchev–Trinajstić information content (AvgIpc) is 3.27. The van der Waals surface area contributed by atoms with Gasteiger partial charge >= 0.3 is 0 Å². The molecule has 2 aromatic carbocycles. The van der Waals surface area contributed by atoms with Gasteiger partial charge in [-0.3, -0.25) is 9.59 Å². The molecule has 156 valence electrons. The van der Waals surface area contributed by atoms with Crippen molar-refractivity contribution >= 4 is 23.0 Å². The first kappa shape index (κ1) is 21.8. The number of amides is 1. The van der Waals surface area contributed by atoms with Crippen molar-refractivity contribution < 1.29 is 14.3 Å². The molecular weight excluding hydrogens is 394 g/mol. The molecule has 0 aliphatic carbocycles. The lowest BCUT2D eigenvalue weighted by molar-refractivity contribution is -0.120. The summed E-state index contributed by atoms with van der Waals surface area (Å²) in [6.45, 7) is 3.68. The molecule has 0 aliphatic heterocycles. The second kappa shape index (κ2) is 10.2. The van der Waals surface area contributed by atoms with E-state index in [-0.39, 0.29) is 24.2 Å². The Bertz CT molecular complexity index is 994. The lowest BCUT2D eigenvalue weighted by Gasteiger charge is -2.19. The topological polar surface area (TPSA) is 55.4 Å². The Balaban J connectivity index is 1.82. The van der Waals surface area contributed by atoms with E-state index in [1.807, 2.05) is 17.5 Å². The molecule has 0 aliphatic rings. The number of aryl methyl sites for hydroxylation is 1. The van der Waals surface area contributed by atoms with E-state index in [1.54, 1.807) is 36.6 Å². The molecular formula is C25H27NO3S. The third-order valence-corrected chi connectivity index (χ3v) is 5.96. The molecule has 1 amide bonds. The number of carbonyl (C=O) groups is 2. The number of methoxy groups -OCH3 is 1.